The van der Waals surface area contributed by atoms with E-state index < -0.39 is 0 Å². The third kappa shape index (κ3) is 3.42. The minimum Gasteiger partial charge on any atom is -0.468 e. The standard InChI is InChI=1S/C13H13BrN2O3/c1-9(13-3-2-6-19-13)15-8-10-7-11(14)4-5-12(10)16(17)18/h2-7,9,15H,8H2,1H3. The number of nitrogens with one attached hydrogen (secondary N) is 1. The summed E-state index contributed by atoms with van der Waals surface area (Å²) in [5, 5.41) is 14.2. The van der Waals surface area contributed by atoms with Crippen molar-refractivity contribution in [1.82, 2.24) is 5.32 Å². The van der Waals surface area contributed by atoms with Crippen molar-refractivity contribution in [2.75, 3.05) is 0 Å². The predicted molar refractivity (Wildman–Crippen MR) is 74.8 cm³/mol. The third-order valence-electron chi connectivity index (χ3n) is 2.81. The molecule has 0 fully saturated rings. The summed E-state index contributed by atoms with van der Waals surface area (Å²) >= 11 is 3.32. The zero-order valence-electron chi connectivity index (χ0n) is 10.3. The van der Waals surface area contributed by atoms with Gasteiger partial charge >= 0.3 is 0 Å². The van der Waals surface area contributed by atoms with E-state index in [0.717, 1.165) is 10.2 Å². The van der Waals surface area contributed by atoms with Crippen molar-refractivity contribution < 1.29 is 9.34 Å². The molecule has 0 radical (unpaired) electrons. The van der Waals surface area contributed by atoms with E-state index in [1.165, 1.54) is 6.07 Å². The molecular formula is C13H13BrN2O3. The first kappa shape index (κ1) is 13.8. The lowest BCUT2D eigenvalue weighted by molar-refractivity contribution is -0.385. The van der Waals surface area contributed by atoms with Crippen LogP contribution in [0.15, 0.2) is 45.5 Å². The number of hydrogen-bond donors (Lipinski definition) is 1. The van der Waals surface area contributed by atoms with Gasteiger partial charge in [-0.15, -0.1) is 0 Å². The van der Waals surface area contributed by atoms with Crippen molar-refractivity contribution in [3.05, 3.63) is 62.5 Å². The molecule has 6 heteroatoms. The third-order valence-corrected chi connectivity index (χ3v) is 3.30. The molecule has 100 valence electrons. The van der Waals surface area contributed by atoms with Crippen molar-refractivity contribution in [3.8, 4) is 0 Å². The Hall–Kier alpha value is -1.66. The molecule has 19 heavy (non-hydrogen) atoms. The van der Waals surface area contributed by atoms with Crippen molar-refractivity contribution >= 4 is 21.6 Å². The minimum atomic E-state index is -0.374. The van der Waals surface area contributed by atoms with Crippen LogP contribution < -0.4 is 5.32 Å². The average molecular weight is 325 g/mol. The van der Waals surface area contributed by atoms with Crippen LogP contribution in [0, 0.1) is 10.1 Å². The lowest BCUT2D eigenvalue weighted by Crippen LogP contribution is -2.18. The topological polar surface area (TPSA) is 68.3 Å². The number of nitro groups is 1. The van der Waals surface area contributed by atoms with Gasteiger partial charge in [0.2, 0.25) is 0 Å². The molecule has 0 amide bonds. The van der Waals surface area contributed by atoms with Crippen molar-refractivity contribution in [2.45, 2.75) is 19.5 Å². The molecular weight excluding hydrogens is 312 g/mol. The monoisotopic (exact) mass is 324 g/mol. The van der Waals surface area contributed by atoms with Crippen molar-refractivity contribution in [3.63, 3.8) is 0 Å². The molecule has 0 spiro atoms. The summed E-state index contributed by atoms with van der Waals surface area (Å²) in [6.07, 6.45) is 1.61. The second-order valence-electron chi connectivity index (χ2n) is 4.15. The Morgan fingerprint density at radius 3 is 2.89 bits per heavy atom. The molecule has 2 aromatic rings. The lowest BCUT2D eigenvalue weighted by atomic mass is 10.1. The van der Waals surface area contributed by atoms with Crippen LogP contribution in [0.1, 0.15) is 24.3 Å². The molecule has 0 saturated heterocycles. The van der Waals surface area contributed by atoms with E-state index in [1.807, 2.05) is 19.1 Å². The van der Waals surface area contributed by atoms with Gasteiger partial charge in [0.05, 0.1) is 17.2 Å². The van der Waals surface area contributed by atoms with E-state index in [0.29, 0.717) is 12.1 Å². The highest BCUT2D eigenvalue weighted by atomic mass is 79.9. The highest BCUT2D eigenvalue weighted by Crippen LogP contribution is 2.24. The van der Waals surface area contributed by atoms with E-state index in [4.69, 9.17) is 4.42 Å². The van der Waals surface area contributed by atoms with E-state index in [2.05, 4.69) is 21.2 Å². The van der Waals surface area contributed by atoms with Gasteiger partial charge in [-0.25, -0.2) is 0 Å². The van der Waals surface area contributed by atoms with Crippen LogP contribution in [-0.4, -0.2) is 4.92 Å². The molecule has 1 N–H and O–H groups in total. The fourth-order valence-corrected chi connectivity index (χ4v) is 2.18. The molecule has 0 saturated carbocycles. The number of halogens is 1. The summed E-state index contributed by atoms with van der Waals surface area (Å²) in [4.78, 5) is 10.6. The first-order valence-electron chi connectivity index (χ1n) is 5.77. The Bertz CT molecular complexity index is 569. The van der Waals surface area contributed by atoms with Crippen molar-refractivity contribution in [1.29, 1.82) is 0 Å². The summed E-state index contributed by atoms with van der Waals surface area (Å²) in [5.74, 6) is 0.803. The fraction of sp³-hybridized carbons (Fsp3) is 0.231. The van der Waals surface area contributed by atoms with E-state index >= 15 is 0 Å². The molecule has 2 rings (SSSR count). The van der Waals surface area contributed by atoms with Crippen LogP contribution in [0.25, 0.3) is 0 Å². The summed E-state index contributed by atoms with van der Waals surface area (Å²) < 4.78 is 6.10. The van der Waals surface area contributed by atoms with Crippen LogP contribution in [0.2, 0.25) is 0 Å². The van der Waals surface area contributed by atoms with Gasteiger partial charge in [-0.2, -0.15) is 0 Å². The maximum atomic E-state index is 11.0. The quantitative estimate of drug-likeness (QED) is 0.670. The molecule has 1 aromatic carbocycles. The summed E-state index contributed by atoms with van der Waals surface area (Å²) in [5.41, 5.74) is 0.750. The van der Waals surface area contributed by atoms with Gasteiger partial charge in [0.15, 0.2) is 0 Å². The van der Waals surface area contributed by atoms with Gasteiger partial charge in [-0.1, -0.05) is 15.9 Å². The van der Waals surface area contributed by atoms with Crippen LogP contribution in [0.4, 0.5) is 5.69 Å². The number of nitrogens with zero attached hydrogens (tertiary/aromatic N) is 1. The Morgan fingerprint density at radius 2 is 2.26 bits per heavy atom. The van der Waals surface area contributed by atoms with Gasteiger partial charge in [-0.3, -0.25) is 10.1 Å². The zero-order valence-corrected chi connectivity index (χ0v) is 11.9. The Morgan fingerprint density at radius 1 is 1.47 bits per heavy atom. The largest absolute Gasteiger partial charge is 0.468 e. The van der Waals surface area contributed by atoms with Gasteiger partial charge in [0.1, 0.15) is 5.76 Å². The molecule has 1 atom stereocenters. The maximum absolute atomic E-state index is 11.0. The molecule has 1 heterocycles. The Kier molecular flexibility index (Phi) is 4.34. The van der Waals surface area contributed by atoms with Gasteiger partial charge in [-0.05, 0) is 31.2 Å². The lowest BCUT2D eigenvalue weighted by Gasteiger charge is -2.11. The second kappa shape index (κ2) is 5.99. The number of hydrogen-bond acceptors (Lipinski definition) is 4. The number of rotatable bonds is 5. The highest BCUT2D eigenvalue weighted by molar-refractivity contribution is 9.10. The normalized spacial score (nSPS) is 12.3. The number of furan rings is 1. The zero-order chi connectivity index (χ0) is 13.8. The van der Waals surface area contributed by atoms with Gasteiger partial charge in [0, 0.05) is 22.6 Å². The molecule has 1 unspecified atom stereocenters. The Labute approximate surface area is 118 Å². The Balaban J connectivity index is 2.10. The summed E-state index contributed by atoms with van der Waals surface area (Å²) in [6, 6.07) is 8.59. The number of nitro benzene ring substituents is 1. The predicted octanol–water partition coefficient (Wildman–Crippen LogP) is 3.80. The first-order chi connectivity index (χ1) is 9.08. The average Bonchev–Trinajstić information content (AvgIpc) is 2.89. The molecule has 0 aliphatic rings. The highest BCUT2D eigenvalue weighted by Gasteiger charge is 2.15. The molecule has 0 aliphatic heterocycles. The molecule has 5 nitrogen and oxygen atoms in total. The minimum absolute atomic E-state index is 0.00594. The maximum Gasteiger partial charge on any atom is 0.273 e. The van der Waals surface area contributed by atoms with E-state index in [-0.39, 0.29) is 16.7 Å². The van der Waals surface area contributed by atoms with Crippen LogP contribution in [0.5, 0.6) is 0 Å². The van der Waals surface area contributed by atoms with E-state index in [1.54, 1.807) is 18.4 Å². The molecule has 0 aliphatic carbocycles. The molecule has 1 aromatic heterocycles. The van der Waals surface area contributed by atoms with Crippen LogP contribution in [0.3, 0.4) is 0 Å². The summed E-state index contributed by atoms with van der Waals surface area (Å²) in [7, 11) is 0. The second-order valence-corrected chi connectivity index (χ2v) is 5.06. The van der Waals surface area contributed by atoms with Crippen molar-refractivity contribution in [2.24, 2.45) is 0 Å². The van der Waals surface area contributed by atoms with Crippen LogP contribution in [-0.2, 0) is 6.54 Å². The fourth-order valence-electron chi connectivity index (χ4n) is 1.78. The smallest absolute Gasteiger partial charge is 0.273 e. The van der Waals surface area contributed by atoms with E-state index in [9.17, 15) is 10.1 Å². The summed E-state index contributed by atoms with van der Waals surface area (Å²) in [6.45, 7) is 2.35. The number of benzene rings is 1. The SMILES string of the molecule is CC(NCc1cc(Br)ccc1[N+](=O)[O-])c1ccco1. The first-order valence-corrected chi connectivity index (χ1v) is 6.57. The molecule has 0 bridgehead atoms. The van der Waals surface area contributed by atoms with Gasteiger partial charge < -0.3 is 9.73 Å². The van der Waals surface area contributed by atoms with Crippen LogP contribution >= 0.6 is 15.9 Å². The van der Waals surface area contributed by atoms with Gasteiger partial charge in [0.25, 0.3) is 5.69 Å².